The molecule has 2 aliphatic rings. The van der Waals surface area contributed by atoms with Crippen LogP contribution in [0.4, 0.5) is 0 Å². The Kier molecular flexibility index (Phi) is 7.24. The number of aryl methyl sites for hydroxylation is 1. The van der Waals surface area contributed by atoms with Gasteiger partial charge in [0.2, 0.25) is 11.8 Å². The van der Waals surface area contributed by atoms with Crippen LogP contribution in [0.3, 0.4) is 0 Å². The van der Waals surface area contributed by atoms with Crippen LogP contribution in [0.5, 0.6) is 0 Å². The molecule has 2 aliphatic heterocycles. The number of nitrogens with zero attached hydrogens (tertiary/aromatic N) is 6. The summed E-state index contributed by atoms with van der Waals surface area (Å²) in [6, 6.07) is 10.2. The van der Waals surface area contributed by atoms with E-state index in [-0.39, 0.29) is 11.8 Å². The zero-order chi connectivity index (χ0) is 21.6. The quantitative estimate of drug-likeness (QED) is 0.605. The Morgan fingerprint density at radius 1 is 0.903 bits per heavy atom. The van der Waals surface area contributed by atoms with Crippen LogP contribution < -0.4 is 0 Å². The van der Waals surface area contributed by atoms with Crippen LogP contribution in [0.25, 0.3) is 0 Å². The van der Waals surface area contributed by atoms with E-state index in [0.717, 1.165) is 50.0 Å². The van der Waals surface area contributed by atoms with Crippen molar-refractivity contribution in [1.82, 2.24) is 29.5 Å². The molecule has 1 aromatic carbocycles. The number of thioether (sulfide) groups is 1. The molecule has 8 nitrogen and oxygen atoms in total. The number of carbonyl (C=O) groups is 2. The first-order valence-corrected chi connectivity index (χ1v) is 11.9. The SMILES string of the molecule is Cc1nnc(SCC(=O)N2CCN(CC(=O)N3CCCC3)CC2)n1Cc1ccccc1. The van der Waals surface area contributed by atoms with E-state index in [1.807, 2.05) is 34.9 Å². The number of piperazine rings is 1. The Morgan fingerprint density at radius 3 is 2.29 bits per heavy atom. The average Bonchev–Trinajstić information content (AvgIpc) is 3.45. The Morgan fingerprint density at radius 2 is 1.58 bits per heavy atom. The maximum absolute atomic E-state index is 12.7. The number of likely N-dealkylation sites (tertiary alicyclic amines) is 1. The number of aromatic nitrogens is 3. The third-order valence-electron chi connectivity index (χ3n) is 5.95. The standard InChI is InChI=1S/C22H30N6O2S/c1-18-23-24-22(28(18)15-19-7-3-2-4-8-19)31-17-21(30)27-13-11-25(12-14-27)16-20(29)26-9-5-6-10-26/h2-4,7-8H,5-6,9-17H2,1H3. The maximum atomic E-state index is 12.7. The summed E-state index contributed by atoms with van der Waals surface area (Å²) in [7, 11) is 0. The van der Waals surface area contributed by atoms with Crippen molar-refractivity contribution in [2.75, 3.05) is 51.6 Å². The average molecular weight is 443 g/mol. The summed E-state index contributed by atoms with van der Waals surface area (Å²) in [5, 5.41) is 9.23. The van der Waals surface area contributed by atoms with E-state index < -0.39 is 0 Å². The normalized spacial score (nSPS) is 17.3. The lowest BCUT2D eigenvalue weighted by atomic mass is 10.2. The fourth-order valence-corrected chi connectivity index (χ4v) is 4.93. The predicted molar refractivity (Wildman–Crippen MR) is 120 cm³/mol. The van der Waals surface area contributed by atoms with Crippen LogP contribution in [0.2, 0.25) is 0 Å². The van der Waals surface area contributed by atoms with Crippen molar-refractivity contribution < 1.29 is 9.59 Å². The highest BCUT2D eigenvalue weighted by Crippen LogP contribution is 2.19. The van der Waals surface area contributed by atoms with Gasteiger partial charge in [-0.3, -0.25) is 14.5 Å². The molecule has 0 saturated carbocycles. The highest BCUT2D eigenvalue weighted by atomic mass is 32.2. The van der Waals surface area contributed by atoms with E-state index in [2.05, 4.69) is 31.8 Å². The number of benzene rings is 1. The topological polar surface area (TPSA) is 74.6 Å². The van der Waals surface area contributed by atoms with Gasteiger partial charge in [0.05, 0.1) is 18.8 Å². The van der Waals surface area contributed by atoms with Gasteiger partial charge in [-0.15, -0.1) is 10.2 Å². The molecule has 0 N–H and O–H groups in total. The van der Waals surface area contributed by atoms with Gasteiger partial charge in [-0.2, -0.15) is 0 Å². The molecule has 4 rings (SSSR count). The monoisotopic (exact) mass is 442 g/mol. The maximum Gasteiger partial charge on any atom is 0.236 e. The molecule has 0 unspecified atom stereocenters. The molecule has 0 atom stereocenters. The second-order valence-corrected chi connectivity index (χ2v) is 9.08. The van der Waals surface area contributed by atoms with Gasteiger partial charge in [0.15, 0.2) is 5.16 Å². The summed E-state index contributed by atoms with van der Waals surface area (Å²) < 4.78 is 2.05. The fraction of sp³-hybridized carbons (Fsp3) is 0.545. The van der Waals surface area contributed by atoms with Crippen molar-refractivity contribution in [3.05, 3.63) is 41.7 Å². The van der Waals surface area contributed by atoms with Gasteiger partial charge in [0.25, 0.3) is 0 Å². The van der Waals surface area contributed by atoms with Crippen molar-refractivity contribution >= 4 is 23.6 Å². The molecule has 1 aromatic heterocycles. The molecule has 2 aromatic rings. The van der Waals surface area contributed by atoms with Crippen LogP contribution in [0.1, 0.15) is 24.2 Å². The second-order valence-electron chi connectivity index (χ2n) is 8.14. The van der Waals surface area contributed by atoms with Crippen LogP contribution in [-0.2, 0) is 16.1 Å². The van der Waals surface area contributed by atoms with Gasteiger partial charge in [0.1, 0.15) is 5.82 Å². The highest BCUT2D eigenvalue weighted by Gasteiger charge is 2.25. The lowest BCUT2D eigenvalue weighted by Crippen LogP contribution is -2.51. The molecule has 0 bridgehead atoms. The van der Waals surface area contributed by atoms with E-state index >= 15 is 0 Å². The van der Waals surface area contributed by atoms with Crippen molar-refractivity contribution in [3.8, 4) is 0 Å². The van der Waals surface area contributed by atoms with Gasteiger partial charge in [0, 0.05) is 39.3 Å². The minimum atomic E-state index is 0.113. The van der Waals surface area contributed by atoms with Crippen LogP contribution in [0.15, 0.2) is 35.5 Å². The molecular formula is C22H30N6O2S. The van der Waals surface area contributed by atoms with Crippen molar-refractivity contribution in [3.63, 3.8) is 0 Å². The van der Waals surface area contributed by atoms with Crippen molar-refractivity contribution in [2.45, 2.75) is 31.5 Å². The van der Waals surface area contributed by atoms with Crippen LogP contribution in [0, 0.1) is 6.92 Å². The summed E-state index contributed by atoms with van der Waals surface area (Å²) in [6.07, 6.45) is 2.23. The van der Waals surface area contributed by atoms with Crippen molar-refractivity contribution in [1.29, 1.82) is 0 Å². The lowest BCUT2D eigenvalue weighted by Gasteiger charge is -2.35. The molecule has 2 saturated heterocycles. The number of carbonyl (C=O) groups excluding carboxylic acids is 2. The predicted octanol–water partition coefficient (Wildman–Crippen LogP) is 1.49. The second kappa shape index (κ2) is 10.3. The Labute approximate surface area is 187 Å². The zero-order valence-corrected chi connectivity index (χ0v) is 18.9. The van der Waals surface area contributed by atoms with Gasteiger partial charge in [-0.1, -0.05) is 42.1 Å². The van der Waals surface area contributed by atoms with Crippen LogP contribution >= 0.6 is 11.8 Å². The molecular weight excluding hydrogens is 412 g/mol. The van der Waals surface area contributed by atoms with Gasteiger partial charge in [-0.25, -0.2) is 0 Å². The van der Waals surface area contributed by atoms with E-state index in [0.29, 0.717) is 31.9 Å². The molecule has 166 valence electrons. The van der Waals surface area contributed by atoms with Crippen LogP contribution in [-0.4, -0.2) is 92.8 Å². The molecule has 3 heterocycles. The van der Waals surface area contributed by atoms with Gasteiger partial charge >= 0.3 is 0 Å². The Balaban J connectivity index is 1.24. The van der Waals surface area contributed by atoms with E-state index in [4.69, 9.17) is 0 Å². The molecule has 9 heteroatoms. The lowest BCUT2D eigenvalue weighted by molar-refractivity contribution is -0.133. The summed E-state index contributed by atoms with van der Waals surface area (Å²) in [4.78, 5) is 31.1. The number of hydrogen-bond donors (Lipinski definition) is 0. The zero-order valence-electron chi connectivity index (χ0n) is 18.1. The molecule has 2 amide bonds. The highest BCUT2D eigenvalue weighted by molar-refractivity contribution is 7.99. The number of amides is 2. The first kappa shape index (κ1) is 21.8. The minimum Gasteiger partial charge on any atom is -0.342 e. The number of rotatable bonds is 7. The van der Waals surface area contributed by atoms with E-state index in [1.54, 1.807) is 0 Å². The van der Waals surface area contributed by atoms with E-state index in [9.17, 15) is 9.59 Å². The third-order valence-corrected chi connectivity index (χ3v) is 6.90. The minimum absolute atomic E-state index is 0.113. The van der Waals surface area contributed by atoms with Gasteiger partial charge in [-0.05, 0) is 25.3 Å². The molecule has 0 spiro atoms. The fourth-order valence-electron chi connectivity index (χ4n) is 4.05. The molecule has 31 heavy (non-hydrogen) atoms. The van der Waals surface area contributed by atoms with Gasteiger partial charge < -0.3 is 14.4 Å². The Hall–Kier alpha value is -2.39. The molecule has 0 radical (unpaired) electrons. The molecule has 2 fully saturated rings. The summed E-state index contributed by atoms with van der Waals surface area (Å²) in [5.74, 6) is 1.53. The van der Waals surface area contributed by atoms with E-state index in [1.165, 1.54) is 17.3 Å². The van der Waals surface area contributed by atoms with Crippen molar-refractivity contribution in [2.24, 2.45) is 0 Å². The largest absolute Gasteiger partial charge is 0.342 e. The first-order chi connectivity index (χ1) is 15.1. The third kappa shape index (κ3) is 5.65. The summed E-state index contributed by atoms with van der Waals surface area (Å²) in [6.45, 7) is 7.72. The summed E-state index contributed by atoms with van der Waals surface area (Å²) >= 11 is 1.44. The Bertz CT molecular complexity index is 889. The number of hydrogen-bond acceptors (Lipinski definition) is 6. The smallest absolute Gasteiger partial charge is 0.236 e. The first-order valence-electron chi connectivity index (χ1n) is 10.9. The molecule has 0 aliphatic carbocycles. The summed E-state index contributed by atoms with van der Waals surface area (Å²) in [5.41, 5.74) is 1.18.